The van der Waals surface area contributed by atoms with Gasteiger partial charge < -0.3 is 5.32 Å². The summed E-state index contributed by atoms with van der Waals surface area (Å²) in [6, 6.07) is 0. The normalized spacial score (nSPS) is 38.1. The van der Waals surface area contributed by atoms with Gasteiger partial charge in [0.25, 0.3) is 0 Å². The van der Waals surface area contributed by atoms with E-state index < -0.39 is 0 Å². The summed E-state index contributed by atoms with van der Waals surface area (Å²) in [4.78, 5) is 0. The minimum atomic E-state index is 0.990. The molecule has 0 spiro atoms. The molecule has 0 saturated heterocycles. The second-order valence-corrected chi connectivity index (χ2v) is 3.40. The summed E-state index contributed by atoms with van der Waals surface area (Å²) in [5, 5.41) is 3.40. The van der Waals surface area contributed by atoms with E-state index >= 15 is 0 Å². The minimum Gasteiger partial charge on any atom is -0.317 e. The maximum Gasteiger partial charge on any atom is -0.00152 e. The van der Waals surface area contributed by atoms with Crippen LogP contribution >= 0.6 is 0 Å². The van der Waals surface area contributed by atoms with Gasteiger partial charge in [0.15, 0.2) is 0 Å². The highest BCUT2D eigenvalue weighted by Gasteiger charge is 2.43. The van der Waals surface area contributed by atoms with Crippen LogP contribution in [-0.4, -0.2) is 13.1 Å². The Kier molecular flexibility index (Phi) is 2.72. The predicted molar refractivity (Wildman–Crippen MR) is 45.0 cm³/mol. The average Bonchev–Trinajstić information content (AvgIpc) is 2.56. The number of rotatable bonds is 4. The second-order valence-electron chi connectivity index (χ2n) is 3.40. The summed E-state index contributed by atoms with van der Waals surface area (Å²) in [5.74, 6) is 3.01. The molecule has 1 rings (SSSR count). The summed E-state index contributed by atoms with van der Waals surface area (Å²) in [7, 11) is 0. The van der Waals surface area contributed by atoms with Crippen LogP contribution in [0, 0.1) is 17.8 Å². The fourth-order valence-electron chi connectivity index (χ4n) is 1.96. The first-order valence-electron chi connectivity index (χ1n) is 4.52. The molecule has 0 aromatic rings. The first-order chi connectivity index (χ1) is 4.81. The lowest BCUT2D eigenvalue weighted by atomic mass is 10.2. The van der Waals surface area contributed by atoms with Crippen molar-refractivity contribution < 1.29 is 0 Å². The SMILES string of the molecule is CCNCC1C(C)C1CC. The maximum atomic E-state index is 3.40. The molecular formula is C9H19N. The van der Waals surface area contributed by atoms with Crippen molar-refractivity contribution in [2.45, 2.75) is 27.2 Å². The second kappa shape index (κ2) is 3.38. The molecule has 0 bridgehead atoms. The molecule has 10 heavy (non-hydrogen) atoms. The van der Waals surface area contributed by atoms with E-state index in [1.807, 2.05) is 0 Å². The molecule has 1 saturated carbocycles. The third kappa shape index (κ3) is 1.51. The van der Waals surface area contributed by atoms with Gasteiger partial charge in [-0.15, -0.1) is 0 Å². The molecule has 60 valence electrons. The van der Waals surface area contributed by atoms with Crippen LogP contribution in [0.25, 0.3) is 0 Å². The Hall–Kier alpha value is -0.0400. The quantitative estimate of drug-likeness (QED) is 0.630. The number of nitrogens with one attached hydrogen (secondary N) is 1. The molecule has 1 nitrogen and oxygen atoms in total. The lowest BCUT2D eigenvalue weighted by Crippen LogP contribution is -2.16. The van der Waals surface area contributed by atoms with Crippen molar-refractivity contribution in [1.29, 1.82) is 0 Å². The standard InChI is InChI=1S/C9H19N/c1-4-8-7(3)9(8)6-10-5-2/h7-10H,4-6H2,1-3H3. The van der Waals surface area contributed by atoms with Gasteiger partial charge in [0.2, 0.25) is 0 Å². The molecule has 3 atom stereocenters. The van der Waals surface area contributed by atoms with Gasteiger partial charge in [-0.05, 0) is 30.8 Å². The topological polar surface area (TPSA) is 12.0 Å². The molecule has 0 aliphatic heterocycles. The Morgan fingerprint density at radius 1 is 1.20 bits per heavy atom. The molecule has 0 aromatic carbocycles. The van der Waals surface area contributed by atoms with Gasteiger partial charge >= 0.3 is 0 Å². The fraction of sp³-hybridized carbons (Fsp3) is 1.00. The first-order valence-corrected chi connectivity index (χ1v) is 4.52. The van der Waals surface area contributed by atoms with E-state index in [-0.39, 0.29) is 0 Å². The average molecular weight is 141 g/mol. The van der Waals surface area contributed by atoms with Gasteiger partial charge in [-0.2, -0.15) is 0 Å². The van der Waals surface area contributed by atoms with Crippen LogP contribution in [0.1, 0.15) is 27.2 Å². The molecule has 1 aliphatic rings. The van der Waals surface area contributed by atoms with Gasteiger partial charge in [-0.1, -0.05) is 27.2 Å². The van der Waals surface area contributed by atoms with E-state index in [0.717, 1.165) is 24.3 Å². The van der Waals surface area contributed by atoms with Gasteiger partial charge in [0.05, 0.1) is 0 Å². The zero-order chi connectivity index (χ0) is 7.56. The molecule has 0 aromatic heterocycles. The van der Waals surface area contributed by atoms with Crippen molar-refractivity contribution in [1.82, 2.24) is 5.32 Å². The van der Waals surface area contributed by atoms with Crippen LogP contribution in [0.15, 0.2) is 0 Å². The molecule has 1 fully saturated rings. The summed E-state index contributed by atoms with van der Waals surface area (Å²) < 4.78 is 0. The highest BCUT2D eigenvalue weighted by atomic mass is 14.9. The lowest BCUT2D eigenvalue weighted by molar-refractivity contribution is 0.602. The summed E-state index contributed by atoms with van der Waals surface area (Å²) >= 11 is 0. The van der Waals surface area contributed by atoms with Crippen LogP contribution in [0.4, 0.5) is 0 Å². The monoisotopic (exact) mass is 141 g/mol. The molecule has 1 heteroatoms. The van der Waals surface area contributed by atoms with E-state index in [0.29, 0.717) is 0 Å². The van der Waals surface area contributed by atoms with Gasteiger partial charge in [-0.3, -0.25) is 0 Å². The van der Waals surface area contributed by atoms with Crippen LogP contribution in [-0.2, 0) is 0 Å². The highest BCUT2D eigenvalue weighted by molar-refractivity contribution is 4.93. The Bertz CT molecular complexity index is 101. The fourth-order valence-corrected chi connectivity index (χ4v) is 1.96. The Morgan fingerprint density at radius 2 is 1.90 bits per heavy atom. The third-order valence-corrected chi connectivity index (χ3v) is 2.86. The third-order valence-electron chi connectivity index (χ3n) is 2.86. The van der Waals surface area contributed by atoms with Crippen molar-refractivity contribution in [3.8, 4) is 0 Å². The molecule has 1 N–H and O–H groups in total. The van der Waals surface area contributed by atoms with E-state index in [2.05, 4.69) is 26.1 Å². The van der Waals surface area contributed by atoms with Crippen LogP contribution in [0.5, 0.6) is 0 Å². The first kappa shape index (κ1) is 8.06. The molecule has 0 amide bonds. The molecular weight excluding hydrogens is 122 g/mol. The zero-order valence-electron chi connectivity index (χ0n) is 7.35. The number of hydrogen-bond donors (Lipinski definition) is 1. The van der Waals surface area contributed by atoms with Crippen LogP contribution in [0.2, 0.25) is 0 Å². The molecule has 3 unspecified atom stereocenters. The Balaban J connectivity index is 2.09. The molecule has 0 heterocycles. The van der Waals surface area contributed by atoms with E-state index in [9.17, 15) is 0 Å². The van der Waals surface area contributed by atoms with Crippen molar-refractivity contribution in [2.24, 2.45) is 17.8 Å². The lowest BCUT2D eigenvalue weighted by Gasteiger charge is -1.97. The van der Waals surface area contributed by atoms with Gasteiger partial charge in [0.1, 0.15) is 0 Å². The summed E-state index contributed by atoms with van der Waals surface area (Å²) in [6.07, 6.45) is 1.37. The van der Waals surface area contributed by atoms with E-state index in [1.165, 1.54) is 13.0 Å². The largest absolute Gasteiger partial charge is 0.317 e. The van der Waals surface area contributed by atoms with E-state index in [1.54, 1.807) is 0 Å². The van der Waals surface area contributed by atoms with Crippen LogP contribution in [0.3, 0.4) is 0 Å². The smallest absolute Gasteiger partial charge is 0.00152 e. The molecule has 0 radical (unpaired) electrons. The summed E-state index contributed by atoms with van der Waals surface area (Å²) in [6.45, 7) is 9.22. The van der Waals surface area contributed by atoms with Crippen molar-refractivity contribution in [3.63, 3.8) is 0 Å². The van der Waals surface area contributed by atoms with E-state index in [4.69, 9.17) is 0 Å². The van der Waals surface area contributed by atoms with Crippen molar-refractivity contribution >= 4 is 0 Å². The van der Waals surface area contributed by atoms with Gasteiger partial charge in [-0.25, -0.2) is 0 Å². The predicted octanol–water partition coefficient (Wildman–Crippen LogP) is 1.89. The van der Waals surface area contributed by atoms with Crippen molar-refractivity contribution in [2.75, 3.05) is 13.1 Å². The summed E-state index contributed by atoms with van der Waals surface area (Å²) in [5.41, 5.74) is 0. The molecule has 1 aliphatic carbocycles. The Labute approximate surface area is 64.2 Å². The van der Waals surface area contributed by atoms with Gasteiger partial charge in [0, 0.05) is 0 Å². The Morgan fingerprint density at radius 3 is 2.30 bits per heavy atom. The van der Waals surface area contributed by atoms with Crippen LogP contribution < -0.4 is 5.32 Å². The zero-order valence-corrected chi connectivity index (χ0v) is 7.35. The highest BCUT2D eigenvalue weighted by Crippen LogP contribution is 2.47. The number of hydrogen-bond acceptors (Lipinski definition) is 1. The minimum absolute atomic E-state index is 0.990. The maximum absolute atomic E-state index is 3.40. The van der Waals surface area contributed by atoms with Crippen molar-refractivity contribution in [3.05, 3.63) is 0 Å².